The van der Waals surface area contributed by atoms with Crippen LogP contribution in [0.4, 0.5) is 57.1 Å². The molecule has 0 saturated heterocycles. The minimum Gasteiger partial charge on any atom is -0.192 e. The topological polar surface area (TPSA) is 0 Å². The van der Waals surface area contributed by atoms with Crippen molar-refractivity contribution >= 4 is 0 Å². The van der Waals surface area contributed by atoms with Crippen molar-refractivity contribution < 1.29 is 57.1 Å². The minimum atomic E-state index is -7.92. The number of hydrogen-bond acceptors (Lipinski definition) is 0. The molecular formula is C14H5F13. The van der Waals surface area contributed by atoms with E-state index in [-0.39, 0.29) is 5.92 Å². The quantitative estimate of drug-likeness (QED) is 0.428. The van der Waals surface area contributed by atoms with Crippen molar-refractivity contribution in [2.75, 3.05) is 0 Å². The third kappa shape index (κ3) is 3.53. The number of alkyl halides is 13. The minimum absolute atomic E-state index is 0.211. The highest BCUT2D eigenvalue weighted by Gasteiger charge is 2.90. The van der Waals surface area contributed by atoms with E-state index in [2.05, 4.69) is 0 Å². The molecule has 152 valence electrons. The van der Waals surface area contributed by atoms with E-state index in [9.17, 15) is 57.1 Å². The van der Waals surface area contributed by atoms with Gasteiger partial charge in [-0.2, -0.15) is 57.1 Å². The molecule has 0 radical (unpaired) electrons. The van der Waals surface area contributed by atoms with Gasteiger partial charge in [-0.25, -0.2) is 0 Å². The lowest BCUT2D eigenvalue weighted by atomic mass is 9.94. The Morgan fingerprint density at radius 2 is 0.926 bits per heavy atom. The normalized spacial score (nSPS) is 14.6. The molecule has 0 bridgehead atoms. The van der Waals surface area contributed by atoms with Gasteiger partial charge < -0.3 is 0 Å². The molecule has 13 heteroatoms. The van der Waals surface area contributed by atoms with E-state index < -0.39 is 41.4 Å². The lowest BCUT2D eigenvalue weighted by Crippen LogP contribution is -2.69. The van der Waals surface area contributed by atoms with Crippen molar-refractivity contribution in [3.05, 3.63) is 35.9 Å². The second-order valence-corrected chi connectivity index (χ2v) is 4.99. The molecule has 1 aromatic carbocycles. The Labute approximate surface area is 142 Å². The third-order valence-corrected chi connectivity index (χ3v) is 3.07. The van der Waals surface area contributed by atoms with Crippen LogP contribution in [0.15, 0.2) is 30.3 Å². The molecule has 0 N–H and O–H groups in total. The van der Waals surface area contributed by atoms with Gasteiger partial charge in [0.25, 0.3) is 0 Å². The fourth-order valence-corrected chi connectivity index (χ4v) is 1.52. The van der Waals surface area contributed by atoms with E-state index in [0.717, 1.165) is 24.3 Å². The molecule has 0 saturated carbocycles. The summed E-state index contributed by atoms with van der Waals surface area (Å²) in [6.45, 7) is 0. The van der Waals surface area contributed by atoms with Crippen molar-refractivity contribution in [2.24, 2.45) is 0 Å². The Hall–Kier alpha value is -2.13. The summed E-state index contributed by atoms with van der Waals surface area (Å²) in [4.78, 5) is 0. The van der Waals surface area contributed by atoms with E-state index in [1.165, 1.54) is 12.0 Å². The van der Waals surface area contributed by atoms with Crippen LogP contribution in [0.5, 0.6) is 0 Å². The standard InChI is InChI=1S/C14H5F13/c15-9(16,7-6-8-4-2-1-3-5-8)10(17,18)11(19,20)12(21,22)13(23,24)14(25,26)27/h1-5H. The van der Waals surface area contributed by atoms with Crippen molar-refractivity contribution in [3.63, 3.8) is 0 Å². The highest BCUT2D eigenvalue weighted by atomic mass is 19.4. The van der Waals surface area contributed by atoms with Gasteiger partial charge in [0.05, 0.1) is 0 Å². The zero-order valence-corrected chi connectivity index (χ0v) is 12.3. The number of rotatable bonds is 4. The Kier molecular flexibility index (Phi) is 5.50. The molecule has 27 heavy (non-hydrogen) atoms. The summed E-state index contributed by atoms with van der Waals surface area (Å²) in [6, 6.07) is 5.38. The summed E-state index contributed by atoms with van der Waals surface area (Å²) in [5.74, 6) is -35.8. The first-order valence-corrected chi connectivity index (χ1v) is 6.37. The predicted octanol–water partition coefficient (Wildman–Crippen LogP) is 5.78. The molecular weight excluding hydrogens is 415 g/mol. The van der Waals surface area contributed by atoms with Crippen LogP contribution < -0.4 is 0 Å². The number of benzene rings is 1. The summed E-state index contributed by atoms with van der Waals surface area (Å²) in [5.41, 5.74) is -0.483. The first kappa shape index (κ1) is 22.9. The van der Waals surface area contributed by atoms with Gasteiger partial charge in [0.1, 0.15) is 0 Å². The van der Waals surface area contributed by atoms with Gasteiger partial charge in [0.15, 0.2) is 0 Å². The Bertz CT molecular complexity index is 719. The summed E-state index contributed by atoms with van der Waals surface area (Å²) in [6.07, 6.45) is -7.43. The smallest absolute Gasteiger partial charge is 0.192 e. The van der Waals surface area contributed by atoms with Crippen molar-refractivity contribution in [2.45, 2.75) is 35.8 Å². The average molecular weight is 420 g/mol. The largest absolute Gasteiger partial charge is 0.460 e. The maximum atomic E-state index is 13.3. The third-order valence-electron chi connectivity index (χ3n) is 3.07. The van der Waals surface area contributed by atoms with Crippen LogP contribution >= 0.6 is 0 Å². The molecule has 0 unspecified atom stereocenters. The molecule has 0 fully saturated rings. The van der Waals surface area contributed by atoms with Crippen LogP contribution in [0.2, 0.25) is 0 Å². The van der Waals surface area contributed by atoms with E-state index >= 15 is 0 Å². The summed E-state index contributed by atoms with van der Waals surface area (Å²) in [5, 5.41) is 0. The van der Waals surface area contributed by atoms with Crippen LogP contribution in [0.3, 0.4) is 0 Å². The van der Waals surface area contributed by atoms with Crippen molar-refractivity contribution in [3.8, 4) is 11.8 Å². The first-order valence-electron chi connectivity index (χ1n) is 6.37. The van der Waals surface area contributed by atoms with E-state index in [1.54, 1.807) is 0 Å². The van der Waals surface area contributed by atoms with Gasteiger partial charge in [-0.1, -0.05) is 24.1 Å². The van der Waals surface area contributed by atoms with Gasteiger partial charge in [0.2, 0.25) is 0 Å². The second-order valence-electron chi connectivity index (χ2n) is 4.99. The predicted molar refractivity (Wildman–Crippen MR) is 64.1 cm³/mol. The molecule has 0 aromatic heterocycles. The Morgan fingerprint density at radius 3 is 1.33 bits per heavy atom. The van der Waals surface area contributed by atoms with Crippen molar-refractivity contribution in [1.29, 1.82) is 0 Å². The fraction of sp³-hybridized carbons (Fsp3) is 0.429. The van der Waals surface area contributed by atoms with Gasteiger partial charge in [0, 0.05) is 5.56 Å². The van der Waals surface area contributed by atoms with E-state index in [1.807, 2.05) is 0 Å². The SMILES string of the molecule is FC(F)(F)C(F)(F)C(F)(F)C(F)(F)C(F)(F)C(F)(F)C#Cc1ccccc1. The molecule has 0 aliphatic carbocycles. The molecule has 0 spiro atoms. The summed E-state index contributed by atoms with van der Waals surface area (Å²) >= 11 is 0. The highest BCUT2D eigenvalue weighted by molar-refractivity contribution is 5.36. The van der Waals surface area contributed by atoms with Gasteiger partial charge in [-0.15, -0.1) is 0 Å². The Morgan fingerprint density at radius 1 is 0.519 bits per heavy atom. The molecule has 0 nitrogen and oxygen atoms in total. The lowest BCUT2D eigenvalue weighted by molar-refractivity contribution is -0.435. The van der Waals surface area contributed by atoms with Crippen LogP contribution in [0, 0.1) is 11.8 Å². The molecule has 0 amide bonds. The van der Waals surface area contributed by atoms with E-state index in [4.69, 9.17) is 0 Å². The van der Waals surface area contributed by atoms with Gasteiger partial charge in [-0.3, -0.25) is 0 Å². The summed E-state index contributed by atoms with van der Waals surface area (Å²) in [7, 11) is 0. The van der Waals surface area contributed by atoms with Crippen LogP contribution in [-0.4, -0.2) is 35.8 Å². The molecule has 0 aliphatic heterocycles. The molecule has 0 aliphatic rings. The second kappa shape index (κ2) is 6.49. The molecule has 1 rings (SSSR count). The lowest BCUT2D eigenvalue weighted by Gasteiger charge is -2.38. The molecule has 0 heterocycles. The average Bonchev–Trinajstić information content (AvgIpc) is 2.52. The molecule has 0 atom stereocenters. The van der Waals surface area contributed by atoms with Crippen molar-refractivity contribution in [1.82, 2.24) is 0 Å². The zero-order valence-electron chi connectivity index (χ0n) is 12.3. The Balaban J connectivity index is 3.44. The number of hydrogen-bond donors (Lipinski definition) is 0. The van der Waals surface area contributed by atoms with Crippen LogP contribution in [-0.2, 0) is 0 Å². The first-order chi connectivity index (χ1) is 11.8. The maximum absolute atomic E-state index is 13.3. The van der Waals surface area contributed by atoms with Crippen LogP contribution in [0.25, 0.3) is 0 Å². The fourth-order valence-electron chi connectivity index (χ4n) is 1.52. The maximum Gasteiger partial charge on any atom is 0.460 e. The van der Waals surface area contributed by atoms with Gasteiger partial charge >= 0.3 is 35.8 Å². The zero-order chi connectivity index (χ0) is 21.5. The summed E-state index contributed by atoms with van der Waals surface area (Å²) < 4.78 is 167. The number of halogens is 13. The molecule has 1 aromatic rings. The van der Waals surface area contributed by atoms with Crippen LogP contribution in [0.1, 0.15) is 5.56 Å². The van der Waals surface area contributed by atoms with E-state index in [0.29, 0.717) is 0 Å². The highest BCUT2D eigenvalue weighted by Crippen LogP contribution is 2.60. The monoisotopic (exact) mass is 420 g/mol. The van der Waals surface area contributed by atoms with Gasteiger partial charge in [-0.05, 0) is 18.1 Å².